The van der Waals surface area contributed by atoms with Gasteiger partial charge in [-0.15, -0.1) is 0 Å². The summed E-state index contributed by atoms with van der Waals surface area (Å²) in [6.07, 6.45) is 3.88. The summed E-state index contributed by atoms with van der Waals surface area (Å²) in [5.41, 5.74) is 2.08. The second-order valence-corrected chi connectivity index (χ2v) is 7.57. The molecule has 0 bridgehead atoms. The van der Waals surface area contributed by atoms with E-state index in [2.05, 4.69) is 5.32 Å². The molecule has 1 aromatic carbocycles. The molecule has 3 amide bonds. The predicted molar refractivity (Wildman–Crippen MR) is 105 cm³/mol. The fraction of sp³-hybridized carbons (Fsp3) is 0.455. The number of ether oxygens (including phenoxy) is 1. The molecule has 0 spiro atoms. The molecule has 3 atom stereocenters. The number of esters is 1. The summed E-state index contributed by atoms with van der Waals surface area (Å²) in [5.74, 6) is -2.08. The Bertz CT molecular complexity index is 804. The molecule has 1 saturated heterocycles. The Morgan fingerprint density at radius 3 is 2.28 bits per heavy atom. The lowest BCUT2D eigenvalue weighted by molar-refractivity contribution is -0.155. The standard InChI is InChI=1S/C22H26N2O5/c1-14-7-9-16(10-8-14)13-23-20(26)15(2)29-19(25)11-12-24-21(27)17-5-3-4-6-18(17)22(24)28/h3-4,7-10,15,17-18H,5-6,11-13H2,1-2H3,(H,23,26)/t15-,17-,18+/m0/s1. The number of allylic oxidation sites excluding steroid dienone is 2. The molecular formula is C22H26N2O5. The molecule has 1 fully saturated rings. The summed E-state index contributed by atoms with van der Waals surface area (Å²) < 4.78 is 5.16. The van der Waals surface area contributed by atoms with Crippen molar-refractivity contribution in [3.05, 3.63) is 47.5 Å². The second-order valence-electron chi connectivity index (χ2n) is 7.57. The third kappa shape index (κ3) is 4.91. The molecule has 1 heterocycles. The van der Waals surface area contributed by atoms with Crippen molar-refractivity contribution < 1.29 is 23.9 Å². The maximum atomic E-state index is 12.4. The zero-order valence-electron chi connectivity index (χ0n) is 16.7. The molecular weight excluding hydrogens is 372 g/mol. The molecule has 29 heavy (non-hydrogen) atoms. The number of benzene rings is 1. The van der Waals surface area contributed by atoms with Crippen molar-refractivity contribution in [2.24, 2.45) is 11.8 Å². The molecule has 7 nitrogen and oxygen atoms in total. The van der Waals surface area contributed by atoms with Gasteiger partial charge in [0.15, 0.2) is 6.10 Å². The number of hydrogen-bond donors (Lipinski definition) is 1. The number of carbonyl (C=O) groups is 4. The average molecular weight is 398 g/mol. The van der Waals surface area contributed by atoms with Gasteiger partial charge in [-0.2, -0.15) is 0 Å². The molecule has 2 aliphatic rings. The van der Waals surface area contributed by atoms with E-state index in [0.29, 0.717) is 19.4 Å². The first-order chi connectivity index (χ1) is 13.9. The number of fused-ring (bicyclic) bond motifs is 1. The van der Waals surface area contributed by atoms with Gasteiger partial charge >= 0.3 is 5.97 Å². The van der Waals surface area contributed by atoms with Crippen molar-refractivity contribution in [2.45, 2.75) is 45.8 Å². The van der Waals surface area contributed by atoms with Gasteiger partial charge in [-0.1, -0.05) is 42.0 Å². The van der Waals surface area contributed by atoms with Gasteiger partial charge in [0.25, 0.3) is 5.91 Å². The molecule has 1 aliphatic carbocycles. The quantitative estimate of drug-likeness (QED) is 0.430. The van der Waals surface area contributed by atoms with Crippen LogP contribution in [0.3, 0.4) is 0 Å². The molecule has 7 heteroatoms. The molecule has 3 rings (SSSR count). The molecule has 0 aromatic heterocycles. The fourth-order valence-corrected chi connectivity index (χ4v) is 3.64. The first kappa shape index (κ1) is 20.8. The zero-order valence-corrected chi connectivity index (χ0v) is 16.7. The number of aryl methyl sites for hydroxylation is 1. The van der Waals surface area contributed by atoms with Crippen molar-refractivity contribution in [3.8, 4) is 0 Å². The lowest BCUT2D eigenvalue weighted by Crippen LogP contribution is -2.37. The summed E-state index contributed by atoms with van der Waals surface area (Å²) in [4.78, 5) is 50.2. The van der Waals surface area contributed by atoms with Crippen molar-refractivity contribution >= 4 is 23.7 Å². The van der Waals surface area contributed by atoms with Crippen LogP contribution < -0.4 is 5.32 Å². The van der Waals surface area contributed by atoms with E-state index < -0.39 is 18.0 Å². The van der Waals surface area contributed by atoms with Crippen LogP contribution in [0.4, 0.5) is 0 Å². The van der Waals surface area contributed by atoms with Gasteiger partial charge in [0, 0.05) is 13.1 Å². The highest BCUT2D eigenvalue weighted by Crippen LogP contribution is 2.35. The highest BCUT2D eigenvalue weighted by molar-refractivity contribution is 6.05. The number of likely N-dealkylation sites (tertiary alicyclic amines) is 1. The summed E-state index contributed by atoms with van der Waals surface area (Å²) in [7, 11) is 0. The fourth-order valence-electron chi connectivity index (χ4n) is 3.64. The average Bonchev–Trinajstić information content (AvgIpc) is 2.96. The Balaban J connectivity index is 1.43. The van der Waals surface area contributed by atoms with Crippen LogP contribution in [0.1, 0.15) is 37.3 Å². The third-order valence-electron chi connectivity index (χ3n) is 5.40. The Hall–Kier alpha value is -2.96. The Labute approximate surface area is 170 Å². The van der Waals surface area contributed by atoms with Gasteiger partial charge in [0.2, 0.25) is 11.8 Å². The monoisotopic (exact) mass is 398 g/mol. The summed E-state index contributed by atoms with van der Waals surface area (Å²) in [5, 5.41) is 2.73. The van der Waals surface area contributed by atoms with Gasteiger partial charge in [-0.3, -0.25) is 24.1 Å². The number of nitrogens with zero attached hydrogens (tertiary/aromatic N) is 1. The SMILES string of the molecule is Cc1ccc(CNC(=O)[C@H](C)OC(=O)CCN2C(=O)[C@H]3CC=CC[C@H]3C2=O)cc1. The lowest BCUT2D eigenvalue weighted by atomic mass is 9.85. The minimum Gasteiger partial charge on any atom is -0.452 e. The smallest absolute Gasteiger partial charge is 0.308 e. The van der Waals surface area contributed by atoms with Crippen LogP contribution in [-0.4, -0.2) is 41.2 Å². The summed E-state index contributed by atoms with van der Waals surface area (Å²) in [6.45, 7) is 3.81. The van der Waals surface area contributed by atoms with Gasteiger partial charge < -0.3 is 10.1 Å². The van der Waals surface area contributed by atoms with Crippen molar-refractivity contribution in [1.82, 2.24) is 10.2 Å². The van der Waals surface area contributed by atoms with Gasteiger partial charge in [0.1, 0.15) is 0 Å². The number of amides is 3. The number of imide groups is 1. The van der Waals surface area contributed by atoms with Crippen LogP contribution in [0.25, 0.3) is 0 Å². The molecule has 154 valence electrons. The normalized spacial score (nSPS) is 21.7. The maximum absolute atomic E-state index is 12.4. The first-order valence-corrected chi connectivity index (χ1v) is 9.89. The van der Waals surface area contributed by atoms with E-state index in [1.807, 2.05) is 43.3 Å². The topological polar surface area (TPSA) is 92.8 Å². The van der Waals surface area contributed by atoms with Crippen LogP contribution in [0.5, 0.6) is 0 Å². The third-order valence-corrected chi connectivity index (χ3v) is 5.40. The molecule has 1 N–H and O–H groups in total. The van der Waals surface area contributed by atoms with Crippen LogP contribution in [0.2, 0.25) is 0 Å². The van der Waals surface area contributed by atoms with Crippen molar-refractivity contribution in [2.75, 3.05) is 6.54 Å². The van der Waals surface area contributed by atoms with E-state index in [1.165, 1.54) is 6.92 Å². The van der Waals surface area contributed by atoms with Crippen LogP contribution in [0.15, 0.2) is 36.4 Å². The van der Waals surface area contributed by atoms with E-state index in [-0.39, 0.29) is 36.6 Å². The first-order valence-electron chi connectivity index (χ1n) is 9.89. The largest absolute Gasteiger partial charge is 0.452 e. The Morgan fingerprint density at radius 1 is 1.10 bits per heavy atom. The number of hydrogen-bond acceptors (Lipinski definition) is 5. The Morgan fingerprint density at radius 2 is 1.69 bits per heavy atom. The van der Waals surface area contributed by atoms with Gasteiger partial charge in [-0.05, 0) is 32.3 Å². The van der Waals surface area contributed by atoms with Crippen LogP contribution in [-0.2, 0) is 30.5 Å². The molecule has 0 saturated carbocycles. The highest BCUT2D eigenvalue weighted by atomic mass is 16.5. The van der Waals surface area contributed by atoms with Gasteiger partial charge in [-0.25, -0.2) is 0 Å². The highest BCUT2D eigenvalue weighted by Gasteiger charge is 2.47. The van der Waals surface area contributed by atoms with E-state index in [4.69, 9.17) is 4.74 Å². The number of nitrogens with one attached hydrogen (secondary N) is 1. The summed E-state index contributed by atoms with van der Waals surface area (Å²) >= 11 is 0. The van der Waals surface area contributed by atoms with Crippen molar-refractivity contribution in [3.63, 3.8) is 0 Å². The zero-order chi connectivity index (χ0) is 21.0. The van der Waals surface area contributed by atoms with Gasteiger partial charge in [0.05, 0.1) is 18.3 Å². The molecule has 1 aromatic rings. The predicted octanol–water partition coefficient (Wildman–Crippen LogP) is 1.88. The van der Waals surface area contributed by atoms with E-state index in [9.17, 15) is 19.2 Å². The van der Waals surface area contributed by atoms with Crippen LogP contribution >= 0.6 is 0 Å². The molecule has 1 aliphatic heterocycles. The summed E-state index contributed by atoms with van der Waals surface area (Å²) in [6, 6.07) is 7.75. The van der Waals surface area contributed by atoms with E-state index >= 15 is 0 Å². The minimum atomic E-state index is -0.954. The van der Waals surface area contributed by atoms with Crippen molar-refractivity contribution in [1.29, 1.82) is 0 Å². The Kier molecular flexibility index (Phi) is 6.46. The molecule has 0 radical (unpaired) electrons. The molecule has 0 unspecified atom stereocenters. The number of carbonyl (C=O) groups excluding carboxylic acids is 4. The van der Waals surface area contributed by atoms with E-state index in [1.54, 1.807) is 0 Å². The van der Waals surface area contributed by atoms with E-state index in [0.717, 1.165) is 16.0 Å². The maximum Gasteiger partial charge on any atom is 0.308 e. The number of rotatable bonds is 7. The second kappa shape index (κ2) is 9.03. The lowest BCUT2D eigenvalue weighted by Gasteiger charge is -2.16. The van der Waals surface area contributed by atoms with Crippen LogP contribution in [0, 0.1) is 18.8 Å². The minimum absolute atomic E-state index is 0.0127.